The molecule has 2 aromatic carbocycles. The molecule has 0 saturated heterocycles. The van der Waals surface area contributed by atoms with E-state index < -0.39 is 5.82 Å². The van der Waals surface area contributed by atoms with Crippen molar-refractivity contribution in [2.24, 2.45) is 0 Å². The van der Waals surface area contributed by atoms with Crippen LogP contribution in [0.2, 0.25) is 0 Å². The molecule has 7 rings (SSSR count). The standard InChI is InChI=1S/C37H45FN10O2/c1-4-22-17-33(49)28(38)18-27(22)23-6-11-26-30(16-23)45-46-35(26)36-43-29-12-15-48(21-32(29)44-36)37(50)31-19-42-34(20-41-31)40-14-5-13-39-24-7-9-25(10-8-24)47(2)3/h6,11,16-20,24-25,39,49H,4-5,7-10,12-15,21H2,1-3H3,(H,40,42)(H,43,44)(H,45,46)/t24-,25+. The molecule has 0 radical (unpaired) electrons. The molecule has 1 aliphatic heterocycles. The Bertz CT molecular complexity index is 1960. The number of aromatic nitrogens is 6. The Morgan fingerprint density at radius 3 is 2.70 bits per heavy atom. The molecule has 12 nitrogen and oxygen atoms in total. The summed E-state index contributed by atoms with van der Waals surface area (Å²) in [6.07, 6.45) is 10.4. The van der Waals surface area contributed by atoms with Gasteiger partial charge in [0, 0.05) is 42.7 Å². The van der Waals surface area contributed by atoms with Crippen LogP contribution in [-0.4, -0.2) is 96.8 Å². The summed E-state index contributed by atoms with van der Waals surface area (Å²) in [5, 5.41) is 25.4. The van der Waals surface area contributed by atoms with Gasteiger partial charge in [0.1, 0.15) is 17.2 Å². The summed E-state index contributed by atoms with van der Waals surface area (Å²) in [6, 6.07) is 9.96. The summed E-state index contributed by atoms with van der Waals surface area (Å²) in [6.45, 7) is 4.60. The van der Waals surface area contributed by atoms with Gasteiger partial charge >= 0.3 is 0 Å². The van der Waals surface area contributed by atoms with Gasteiger partial charge in [-0.15, -0.1) is 0 Å². The Kier molecular flexibility index (Phi) is 9.77. The smallest absolute Gasteiger partial charge is 0.274 e. The van der Waals surface area contributed by atoms with Crippen molar-refractivity contribution >= 4 is 22.6 Å². The molecule has 3 aromatic heterocycles. The Hall–Kier alpha value is -4.88. The molecule has 1 aliphatic carbocycles. The van der Waals surface area contributed by atoms with Crippen molar-refractivity contribution < 1.29 is 14.3 Å². The average molecular weight is 681 g/mol. The molecule has 0 spiro atoms. The Labute approximate surface area is 290 Å². The number of aromatic amines is 2. The maximum absolute atomic E-state index is 14.2. The quantitative estimate of drug-likeness (QED) is 0.117. The molecule has 5 aromatic rings. The maximum atomic E-state index is 14.2. The lowest BCUT2D eigenvalue weighted by Gasteiger charge is -2.33. The average Bonchev–Trinajstić information content (AvgIpc) is 3.76. The SMILES string of the molecule is CCc1cc(O)c(F)cc1-c1ccc2c(-c3nc4c([nH]3)CCN(C(=O)c3cnc(NCCCN[C@H]5CC[C@@H](N(C)C)CC5)cn3)C4)n[nH]c2c1. The Morgan fingerprint density at radius 1 is 1.10 bits per heavy atom. The van der Waals surface area contributed by atoms with Crippen LogP contribution in [0.25, 0.3) is 33.5 Å². The Morgan fingerprint density at radius 2 is 1.94 bits per heavy atom. The van der Waals surface area contributed by atoms with E-state index in [1.807, 2.05) is 25.1 Å². The minimum Gasteiger partial charge on any atom is -0.505 e. The second-order valence-corrected chi connectivity index (χ2v) is 13.6. The maximum Gasteiger partial charge on any atom is 0.274 e. The number of carbonyl (C=O) groups is 1. The summed E-state index contributed by atoms with van der Waals surface area (Å²) in [4.78, 5) is 34.6. The van der Waals surface area contributed by atoms with Crippen molar-refractivity contribution in [3.8, 4) is 28.4 Å². The van der Waals surface area contributed by atoms with E-state index in [-0.39, 0.29) is 11.7 Å². The zero-order valence-electron chi connectivity index (χ0n) is 28.9. The first-order valence-electron chi connectivity index (χ1n) is 17.6. The Balaban J connectivity index is 0.936. The number of aryl methyl sites for hydroxylation is 1. The van der Waals surface area contributed by atoms with Crippen LogP contribution in [0.1, 0.15) is 66.5 Å². The number of hydrogen-bond donors (Lipinski definition) is 5. The summed E-state index contributed by atoms with van der Waals surface area (Å²) < 4.78 is 14.2. The zero-order valence-corrected chi connectivity index (χ0v) is 28.9. The normalized spacial score (nSPS) is 17.7. The second-order valence-electron chi connectivity index (χ2n) is 13.6. The molecule has 262 valence electrons. The van der Waals surface area contributed by atoms with E-state index in [2.05, 4.69) is 54.8 Å². The lowest BCUT2D eigenvalue weighted by Crippen LogP contribution is -2.39. The van der Waals surface area contributed by atoms with Gasteiger partial charge in [-0.2, -0.15) is 5.10 Å². The molecular weight excluding hydrogens is 635 g/mol. The molecule has 2 aliphatic rings. The summed E-state index contributed by atoms with van der Waals surface area (Å²) >= 11 is 0. The van der Waals surface area contributed by atoms with Crippen LogP contribution in [0.4, 0.5) is 10.2 Å². The van der Waals surface area contributed by atoms with Crippen LogP contribution in [0, 0.1) is 5.82 Å². The monoisotopic (exact) mass is 680 g/mol. The predicted molar refractivity (Wildman–Crippen MR) is 191 cm³/mol. The van der Waals surface area contributed by atoms with Crippen molar-refractivity contribution in [2.75, 3.05) is 39.0 Å². The van der Waals surface area contributed by atoms with Crippen LogP contribution in [0.3, 0.4) is 0 Å². The fourth-order valence-electron chi connectivity index (χ4n) is 7.21. The third-order valence-electron chi connectivity index (χ3n) is 10.2. The molecule has 13 heteroatoms. The molecule has 5 N–H and O–H groups in total. The van der Waals surface area contributed by atoms with Crippen molar-refractivity contribution in [1.82, 2.24) is 45.2 Å². The van der Waals surface area contributed by atoms with Crippen molar-refractivity contribution in [1.29, 1.82) is 0 Å². The van der Waals surface area contributed by atoms with Gasteiger partial charge in [-0.05, 0) is 100 Å². The van der Waals surface area contributed by atoms with E-state index in [0.717, 1.165) is 58.5 Å². The zero-order chi connectivity index (χ0) is 34.8. The number of imidazole rings is 1. The third kappa shape index (κ3) is 7.06. The number of aromatic hydroxyl groups is 1. The number of phenols is 1. The minimum absolute atomic E-state index is 0.178. The van der Waals surface area contributed by atoms with Crippen LogP contribution in [0.15, 0.2) is 42.7 Å². The number of hydrogen-bond acceptors (Lipinski definition) is 9. The number of benzene rings is 2. The second kappa shape index (κ2) is 14.5. The van der Waals surface area contributed by atoms with Crippen LogP contribution in [-0.2, 0) is 19.4 Å². The fourth-order valence-corrected chi connectivity index (χ4v) is 7.21. The minimum atomic E-state index is -0.653. The molecule has 0 unspecified atom stereocenters. The first-order valence-corrected chi connectivity index (χ1v) is 17.6. The summed E-state index contributed by atoms with van der Waals surface area (Å²) in [5.74, 6) is 0.0981. The molecule has 0 bridgehead atoms. The van der Waals surface area contributed by atoms with E-state index >= 15 is 0 Å². The highest BCUT2D eigenvalue weighted by atomic mass is 19.1. The predicted octanol–water partition coefficient (Wildman–Crippen LogP) is 5.28. The lowest BCUT2D eigenvalue weighted by molar-refractivity contribution is 0.0725. The number of phenolic OH excluding ortho intramolecular Hbond substituents is 1. The molecule has 1 saturated carbocycles. The number of anilines is 1. The van der Waals surface area contributed by atoms with Crippen molar-refractivity contribution in [3.05, 3.63) is 71.2 Å². The number of amides is 1. The van der Waals surface area contributed by atoms with E-state index in [4.69, 9.17) is 4.98 Å². The van der Waals surface area contributed by atoms with Gasteiger partial charge in [-0.3, -0.25) is 9.89 Å². The largest absolute Gasteiger partial charge is 0.505 e. The van der Waals surface area contributed by atoms with Crippen LogP contribution < -0.4 is 10.6 Å². The van der Waals surface area contributed by atoms with Gasteiger partial charge in [0.05, 0.1) is 30.1 Å². The van der Waals surface area contributed by atoms with Crippen LogP contribution >= 0.6 is 0 Å². The van der Waals surface area contributed by atoms with E-state index in [9.17, 15) is 14.3 Å². The number of fused-ring (bicyclic) bond motifs is 2. The van der Waals surface area contributed by atoms with Gasteiger partial charge in [-0.25, -0.2) is 19.3 Å². The van der Waals surface area contributed by atoms with Gasteiger partial charge < -0.3 is 30.5 Å². The molecule has 4 heterocycles. The summed E-state index contributed by atoms with van der Waals surface area (Å²) in [7, 11) is 4.34. The van der Waals surface area contributed by atoms with E-state index in [0.29, 0.717) is 61.0 Å². The number of halogens is 1. The fraction of sp³-hybridized carbons (Fsp3) is 0.432. The summed E-state index contributed by atoms with van der Waals surface area (Å²) in [5.41, 5.74) is 5.93. The van der Waals surface area contributed by atoms with E-state index in [1.165, 1.54) is 44.0 Å². The first-order chi connectivity index (χ1) is 24.3. The topological polar surface area (TPSA) is 151 Å². The molecule has 0 atom stereocenters. The van der Waals surface area contributed by atoms with Gasteiger partial charge in [0.25, 0.3) is 5.91 Å². The lowest BCUT2D eigenvalue weighted by atomic mass is 9.90. The number of nitrogens with one attached hydrogen (secondary N) is 4. The molecule has 1 amide bonds. The molecule has 1 fully saturated rings. The molecular formula is C37H45FN10O2. The third-order valence-corrected chi connectivity index (χ3v) is 10.2. The highest BCUT2D eigenvalue weighted by Gasteiger charge is 2.27. The highest BCUT2D eigenvalue weighted by Crippen LogP contribution is 2.34. The number of rotatable bonds is 11. The highest BCUT2D eigenvalue weighted by molar-refractivity contribution is 5.94. The number of nitrogens with zero attached hydrogens (tertiary/aromatic N) is 6. The van der Waals surface area contributed by atoms with Crippen LogP contribution in [0.5, 0.6) is 5.75 Å². The van der Waals surface area contributed by atoms with Crippen molar-refractivity contribution in [2.45, 2.75) is 70.5 Å². The van der Waals surface area contributed by atoms with Gasteiger partial charge in [-0.1, -0.05) is 13.0 Å². The first kappa shape index (κ1) is 33.6. The van der Waals surface area contributed by atoms with Gasteiger partial charge in [0.15, 0.2) is 17.4 Å². The number of H-pyrrole nitrogens is 2. The van der Waals surface area contributed by atoms with E-state index in [1.54, 1.807) is 11.1 Å². The van der Waals surface area contributed by atoms with Gasteiger partial charge in [0.2, 0.25) is 0 Å². The molecule has 50 heavy (non-hydrogen) atoms. The number of carbonyl (C=O) groups excluding carboxylic acids is 1. The van der Waals surface area contributed by atoms with Crippen molar-refractivity contribution in [3.63, 3.8) is 0 Å².